The van der Waals surface area contributed by atoms with E-state index in [0.717, 1.165) is 11.1 Å². The van der Waals surface area contributed by atoms with Crippen LogP contribution in [-0.4, -0.2) is 39.1 Å². The summed E-state index contributed by atoms with van der Waals surface area (Å²) in [5.74, 6) is 0. The zero-order valence-electron chi connectivity index (χ0n) is 14.6. The Kier molecular flexibility index (Phi) is 5.31. The highest BCUT2D eigenvalue weighted by atomic mass is 16.7. The van der Waals surface area contributed by atoms with Gasteiger partial charge in [-0.2, -0.15) is 5.06 Å². The first-order valence-electron chi connectivity index (χ1n) is 8.18. The van der Waals surface area contributed by atoms with E-state index in [1.54, 1.807) is 6.08 Å². The first-order valence-corrected chi connectivity index (χ1v) is 8.18. The second-order valence-corrected chi connectivity index (χ2v) is 7.63. The Bertz CT molecular complexity index is 518. The van der Waals surface area contributed by atoms with Crippen molar-refractivity contribution in [1.82, 2.24) is 5.06 Å². The summed E-state index contributed by atoms with van der Waals surface area (Å²) in [6.45, 7) is 11.9. The maximum absolute atomic E-state index is 10.1. The standard InChI is InChI=1S/C19H29NO3/c1-6-14-7-9-15(10-8-14)17(13-21)23-20-18(2,3)11-16(22)12-19(20,4)5/h6-10,16-17,21-22H,1,11-13H2,2-5H3. The fourth-order valence-electron chi connectivity index (χ4n) is 3.67. The number of rotatable bonds is 5. The summed E-state index contributed by atoms with van der Waals surface area (Å²) in [7, 11) is 0. The molecule has 0 spiro atoms. The van der Waals surface area contributed by atoms with Crippen LogP contribution in [0.4, 0.5) is 0 Å². The van der Waals surface area contributed by atoms with Crippen LogP contribution < -0.4 is 0 Å². The monoisotopic (exact) mass is 319 g/mol. The smallest absolute Gasteiger partial charge is 0.127 e. The number of aliphatic hydroxyl groups is 2. The highest BCUT2D eigenvalue weighted by molar-refractivity contribution is 5.47. The Balaban J connectivity index is 2.23. The molecule has 1 aromatic carbocycles. The molecule has 23 heavy (non-hydrogen) atoms. The van der Waals surface area contributed by atoms with E-state index in [9.17, 15) is 10.2 Å². The molecule has 1 aliphatic heterocycles. The molecule has 2 rings (SSSR count). The van der Waals surface area contributed by atoms with Crippen LogP contribution in [0, 0.1) is 0 Å². The molecule has 1 aromatic rings. The number of nitrogens with zero attached hydrogens (tertiary/aromatic N) is 1. The van der Waals surface area contributed by atoms with Gasteiger partial charge in [0.05, 0.1) is 12.7 Å². The van der Waals surface area contributed by atoms with E-state index in [1.807, 2.05) is 29.3 Å². The lowest BCUT2D eigenvalue weighted by Gasteiger charge is -2.53. The van der Waals surface area contributed by atoms with Crippen molar-refractivity contribution in [2.75, 3.05) is 6.61 Å². The molecule has 1 fully saturated rings. The van der Waals surface area contributed by atoms with Gasteiger partial charge in [0.25, 0.3) is 0 Å². The summed E-state index contributed by atoms with van der Waals surface area (Å²) in [5.41, 5.74) is 1.34. The summed E-state index contributed by atoms with van der Waals surface area (Å²) in [6, 6.07) is 7.84. The molecule has 0 aromatic heterocycles. The third-order valence-corrected chi connectivity index (χ3v) is 4.51. The Hall–Kier alpha value is -1.20. The van der Waals surface area contributed by atoms with Gasteiger partial charge < -0.3 is 10.2 Å². The van der Waals surface area contributed by atoms with Crippen LogP contribution in [0.15, 0.2) is 30.8 Å². The molecule has 0 radical (unpaired) electrons. The first-order chi connectivity index (χ1) is 10.7. The topological polar surface area (TPSA) is 52.9 Å². The molecule has 128 valence electrons. The van der Waals surface area contributed by atoms with Gasteiger partial charge in [-0.15, -0.1) is 0 Å². The van der Waals surface area contributed by atoms with Crippen molar-refractivity contribution < 1.29 is 15.1 Å². The highest BCUT2D eigenvalue weighted by Gasteiger charge is 2.47. The minimum atomic E-state index is -0.428. The molecule has 0 bridgehead atoms. The number of benzene rings is 1. The van der Waals surface area contributed by atoms with Gasteiger partial charge in [0, 0.05) is 11.1 Å². The summed E-state index contributed by atoms with van der Waals surface area (Å²) >= 11 is 0. The summed E-state index contributed by atoms with van der Waals surface area (Å²) in [4.78, 5) is 6.23. The fraction of sp³-hybridized carbons (Fsp3) is 0.579. The van der Waals surface area contributed by atoms with E-state index >= 15 is 0 Å². The zero-order valence-corrected chi connectivity index (χ0v) is 14.6. The molecule has 0 aliphatic carbocycles. The number of piperidine rings is 1. The van der Waals surface area contributed by atoms with Crippen molar-refractivity contribution in [3.8, 4) is 0 Å². The molecule has 0 amide bonds. The molecule has 1 saturated heterocycles. The van der Waals surface area contributed by atoms with Crippen molar-refractivity contribution >= 4 is 6.08 Å². The third-order valence-electron chi connectivity index (χ3n) is 4.51. The van der Waals surface area contributed by atoms with E-state index in [2.05, 4.69) is 34.3 Å². The Morgan fingerprint density at radius 2 is 1.74 bits per heavy atom. The van der Waals surface area contributed by atoms with Gasteiger partial charge in [0.15, 0.2) is 0 Å². The van der Waals surface area contributed by atoms with Gasteiger partial charge in [-0.1, -0.05) is 36.9 Å². The number of hydrogen-bond donors (Lipinski definition) is 2. The van der Waals surface area contributed by atoms with Gasteiger partial charge in [-0.25, -0.2) is 0 Å². The molecular weight excluding hydrogens is 290 g/mol. The molecule has 0 saturated carbocycles. The second kappa shape index (κ2) is 6.73. The lowest BCUT2D eigenvalue weighted by molar-refractivity contribution is -0.320. The predicted molar refractivity (Wildman–Crippen MR) is 92.7 cm³/mol. The average molecular weight is 319 g/mol. The number of hydrogen-bond acceptors (Lipinski definition) is 4. The van der Waals surface area contributed by atoms with Gasteiger partial charge in [0.2, 0.25) is 0 Å². The zero-order chi connectivity index (χ0) is 17.3. The van der Waals surface area contributed by atoms with Crippen LogP contribution >= 0.6 is 0 Å². The molecule has 4 heteroatoms. The van der Waals surface area contributed by atoms with Crippen molar-refractivity contribution in [2.45, 2.75) is 63.8 Å². The van der Waals surface area contributed by atoms with Crippen molar-refractivity contribution in [3.63, 3.8) is 0 Å². The lowest BCUT2D eigenvalue weighted by Crippen LogP contribution is -2.61. The van der Waals surface area contributed by atoms with Crippen LogP contribution in [0.3, 0.4) is 0 Å². The summed E-state index contributed by atoms with van der Waals surface area (Å²) in [6.07, 6.45) is 2.31. The van der Waals surface area contributed by atoms with E-state index in [0.29, 0.717) is 12.8 Å². The predicted octanol–water partition coefficient (Wildman–Crippen LogP) is 3.31. The second-order valence-electron chi connectivity index (χ2n) is 7.63. The van der Waals surface area contributed by atoms with Crippen molar-refractivity contribution in [1.29, 1.82) is 0 Å². The molecule has 1 aliphatic rings. The lowest BCUT2D eigenvalue weighted by atomic mass is 9.80. The van der Waals surface area contributed by atoms with E-state index in [1.165, 1.54) is 0 Å². The van der Waals surface area contributed by atoms with Crippen LogP contribution in [0.5, 0.6) is 0 Å². The molecule has 1 heterocycles. The van der Waals surface area contributed by atoms with Crippen molar-refractivity contribution in [3.05, 3.63) is 42.0 Å². The Morgan fingerprint density at radius 3 is 2.17 bits per heavy atom. The molecular formula is C19H29NO3. The van der Waals surface area contributed by atoms with Gasteiger partial charge in [-0.05, 0) is 51.7 Å². The minimum absolute atomic E-state index is 0.0986. The van der Waals surface area contributed by atoms with E-state index in [-0.39, 0.29) is 23.8 Å². The summed E-state index contributed by atoms with van der Waals surface area (Å²) in [5, 5.41) is 21.9. The Morgan fingerprint density at radius 1 is 1.22 bits per heavy atom. The number of hydroxylamine groups is 2. The van der Waals surface area contributed by atoms with E-state index < -0.39 is 6.10 Å². The van der Waals surface area contributed by atoms with Crippen LogP contribution in [0.2, 0.25) is 0 Å². The van der Waals surface area contributed by atoms with Crippen LogP contribution in [-0.2, 0) is 4.84 Å². The molecule has 4 nitrogen and oxygen atoms in total. The molecule has 2 N–H and O–H groups in total. The fourth-order valence-corrected chi connectivity index (χ4v) is 3.67. The highest BCUT2D eigenvalue weighted by Crippen LogP contribution is 2.40. The van der Waals surface area contributed by atoms with Gasteiger partial charge in [0.1, 0.15) is 6.10 Å². The normalized spacial score (nSPS) is 22.7. The average Bonchev–Trinajstić information content (AvgIpc) is 2.45. The van der Waals surface area contributed by atoms with Crippen LogP contribution in [0.25, 0.3) is 6.08 Å². The maximum Gasteiger partial charge on any atom is 0.127 e. The quantitative estimate of drug-likeness (QED) is 0.874. The maximum atomic E-state index is 10.1. The van der Waals surface area contributed by atoms with Crippen LogP contribution in [0.1, 0.15) is 57.8 Å². The van der Waals surface area contributed by atoms with Crippen molar-refractivity contribution in [2.24, 2.45) is 0 Å². The largest absolute Gasteiger partial charge is 0.393 e. The first kappa shape index (κ1) is 18.1. The van der Waals surface area contributed by atoms with Gasteiger partial charge in [-0.3, -0.25) is 4.84 Å². The Labute approximate surface area is 139 Å². The van der Waals surface area contributed by atoms with E-state index in [4.69, 9.17) is 4.84 Å². The summed E-state index contributed by atoms with van der Waals surface area (Å²) < 4.78 is 0. The third kappa shape index (κ3) is 4.01. The molecule has 1 unspecified atom stereocenters. The number of aliphatic hydroxyl groups excluding tert-OH is 2. The SMILES string of the molecule is C=Cc1ccc(C(CO)ON2C(C)(C)CC(O)CC2(C)C)cc1. The minimum Gasteiger partial charge on any atom is -0.393 e. The molecule has 1 atom stereocenters. The van der Waals surface area contributed by atoms with Gasteiger partial charge >= 0.3 is 0 Å².